The topological polar surface area (TPSA) is 41.1 Å². The van der Waals surface area contributed by atoms with E-state index < -0.39 is 0 Å². The van der Waals surface area contributed by atoms with Gasteiger partial charge in [-0.05, 0) is 33.2 Å². The number of nitrogens with one attached hydrogen (secondary N) is 1. The highest BCUT2D eigenvalue weighted by molar-refractivity contribution is 5.35. The summed E-state index contributed by atoms with van der Waals surface area (Å²) in [4.78, 5) is 11.4. The van der Waals surface area contributed by atoms with Gasteiger partial charge in [-0.15, -0.1) is 0 Å². The normalized spacial score (nSPS) is 13.1. The Hall–Kier alpha value is -1.16. The van der Waals surface area contributed by atoms with E-state index in [4.69, 9.17) is 0 Å². The SMILES string of the molecule is CCCNc1cc(C)nc(CN(C)C(C)C(C)C)n1. The van der Waals surface area contributed by atoms with Crippen molar-refractivity contribution in [2.75, 3.05) is 18.9 Å². The second-order valence-corrected chi connectivity index (χ2v) is 5.64. The molecule has 0 aliphatic rings. The van der Waals surface area contributed by atoms with Crippen LogP contribution in [0.5, 0.6) is 0 Å². The van der Waals surface area contributed by atoms with Gasteiger partial charge >= 0.3 is 0 Å². The van der Waals surface area contributed by atoms with Crippen LogP contribution in [0.3, 0.4) is 0 Å². The number of aryl methyl sites for hydroxylation is 1. The fourth-order valence-corrected chi connectivity index (χ4v) is 1.92. The molecule has 0 aromatic carbocycles. The molecule has 19 heavy (non-hydrogen) atoms. The van der Waals surface area contributed by atoms with Crippen LogP contribution in [0.1, 0.15) is 45.6 Å². The van der Waals surface area contributed by atoms with Crippen molar-refractivity contribution in [2.24, 2.45) is 5.92 Å². The summed E-state index contributed by atoms with van der Waals surface area (Å²) in [5.74, 6) is 2.47. The molecule has 0 radical (unpaired) electrons. The Labute approximate surface area is 117 Å². The van der Waals surface area contributed by atoms with Crippen molar-refractivity contribution in [3.63, 3.8) is 0 Å². The van der Waals surface area contributed by atoms with Crippen LogP contribution in [0.4, 0.5) is 5.82 Å². The first-order valence-corrected chi connectivity index (χ1v) is 7.22. The zero-order valence-corrected chi connectivity index (χ0v) is 13.2. The maximum atomic E-state index is 4.59. The van der Waals surface area contributed by atoms with Crippen LogP contribution in [-0.4, -0.2) is 34.5 Å². The summed E-state index contributed by atoms with van der Waals surface area (Å²) < 4.78 is 0. The molecule has 0 spiro atoms. The molecule has 0 amide bonds. The molecule has 1 unspecified atom stereocenters. The molecule has 1 aromatic rings. The number of anilines is 1. The van der Waals surface area contributed by atoms with E-state index in [-0.39, 0.29) is 0 Å². The minimum Gasteiger partial charge on any atom is -0.370 e. The largest absolute Gasteiger partial charge is 0.370 e. The quantitative estimate of drug-likeness (QED) is 0.821. The molecule has 4 nitrogen and oxygen atoms in total. The van der Waals surface area contributed by atoms with Crippen molar-refractivity contribution in [3.05, 3.63) is 17.6 Å². The highest BCUT2D eigenvalue weighted by Gasteiger charge is 2.14. The van der Waals surface area contributed by atoms with Crippen molar-refractivity contribution in [2.45, 2.75) is 53.6 Å². The lowest BCUT2D eigenvalue weighted by molar-refractivity contribution is 0.196. The maximum absolute atomic E-state index is 4.59. The van der Waals surface area contributed by atoms with Crippen LogP contribution in [0.2, 0.25) is 0 Å². The summed E-state index contributed by atoms with van der Waals surface area (Å²) in [6.07, 6.45) is 1.10. The summed E-state index contributed by atoms with van der Waals surface area (Å²) >= 11 is 0. The fraction of sp³-hybridized carbons (Fsp3) is 0.733. The summed E-state index contributed by atoms with van der Waals surface area (Å²) in [5.41, 5.74) is 1.02. The monoisotopic (exact) mass is 264 g/mol. The molecule has 1 N–H and O–H groups in total. The lowest BCUT2D eigenvalue weighted by Gasteiger charge is -2.27. The first-order chi connectivity index (χ1) is 8.93. The molecule has 108 valence electrons. The Bertz CT molecular complexity index is 390. The molecule has 1 rings (SSSR count). The molecular formula is C15H28N4. The molecule has 0 fully saturated rings. The molecule has 0 saturated heterocycles. The molecule has 0 aliphatic carbocycles. The van der Waals surface area contributed by atoms with E-state index >= 15 is 0 Å². The summed E-state index contributed by atoms with van der Waals surface area (Å²) in [6.45, 7) is 12.7. The van der Waals surface area contributed by atoms with Crippen LogP contribution in [0, 0.1) is 12.8 Å². The third kappa shape index (κ3) is 5.15. The number of hydrogen-bond acceptors (Lipinski definition) is 4. The molecule has 0 bridgehead atoms. The van der Waals surface area contributed by atoms with E-state index in [1.54, 1.807) is 0 Å². The minimum atomic E-state index is 0.524. The van der Waals surface area contributed by atoms with Gasteiger partial charge in [0.25, 0.3) is 0 Å². The van der Waals surface area contributed by atoms with Crippen molar-refractivity contribution in [1.82, 2.24) is 14.9 Å². The Balaban J connectivity index is 2.74. The number of hydrogen-bond donors (Lipinski definition) is 1. The second-order valence-electron chi connectivity index (χ2n) is 5.64. The van der Waals surface area contributed by atoms with Crippen molar-refractivity contribution in [1.29, 1.82) is 0 Å². The molecule has 4 heteroatoms. The van der Waals surface area contributed by atoms with E-state index in [0.717, 1.165) is 36.8 Å². The van der Waals surface area contributed by atoms with Gasteiger partial charge in [0.05, 0.1) is 6.54 Å². The smallest absolute Gasteiger partial charge is 0.144 e. The maximum Gasteiger partial charge on any atom is 0.144 e. The molecule has 1 atom stereocenters. The second kappa shape index (κ2) is 7.43. The van der Waals surface area contributed by atoms with Crippen molar-refractivity contribution >= 4 is 5.82 Å². The first-order valence-electron chi connectivity index (χ1n) is 7.22. The summed E-state index contributed by atoms with van der Waals surface area (Å²) in [5, 5.41) is 3.33. The van der Waals surface area contributed by atoms with Crippen LogP contribution in [0.15, 0.2) is 6.07 Å². The van der Waals surface area contributed by atoms with Crippen LogP contribution in [-0.2, 0) is 6.54 Å². The Morgan fingerprint density at radius 1 is 1.26 bits per heavy atom. The Kier molecular flexibility index (Phi) is 6.22. The van der Waals surface area contributed by atoms with E-state index in [2.05, 4.69) is 54.9 Å². The van der Waals surface area contributed by atoms with Gasteiger partial charge in [0.15, 0.2) is 0 Å². The number of nitrogens with zero attached hydrogens (tertiary/aromatic N) is 3. The van der Waals surface area contributed by atoms with E-state index in [0.29, 0.717) is 12.0 Å². The first kappa shape index (κ1) is 15.9. The van der Waals surface area contributed by atoms with Gasteiger partial charge in [0.1, 0.15) is 11.6 Å². The average molecular weight is 264 g/mol. The van der Waals surface area contributed by atoms with Gasteiger partial charge < -0.3 is 5.32 Å². The lowest BCUT2D eigenvalue weighted by Crippen LogP contribution is -2.33. The van der Waals surface area contributed by atoms with Gasteiger partial charge in [-0.1, -0.05) is 20.8 Å². The standard InChI is InChI=1S/C15H28N4/c1-7-8-16-14-9-12(4)17-15(18-14)10-19(6)13(5)11(2)3/h9,11,13H,7-8,10H2,1-6H3,(H,16,17,18). The highest BCUT2D eigenvalue weighted by atomic mass is 15.2. The molecule has 1 heterocycles. The van der Waals surface area contributed by atoms with E-state index in [1.807, 2.05) is 13.0 Å². The van der Waals surface area contributed by atoms with Gasteiger partial charge in [-0.25, -0.2) is 9.97 Å². The summed E-state index contributed by atoms with van der Waals surface area (Å²) in [6, 6.07) is 2.53. The fourth-order valence-electron chi connectivity index (χ4n) is 1.92. The number of rotatable bonds is 7. The Morgan fingerprint density at radius 2 is 1.95 bits per heavy atom. The predicted octanol–water partition coefficient (Wildman–Crippen LogP) is 3.08. The molecular weight excluding hydrogens is 236 g/mol. The zero-order chi connectivity index (χ0) is 14.4. The molecule has 1 aromatic heterocycles. The predicted molar refractivity (Wildman–Crippen MR) is 81.3 cm³/mol. The van der Waals surface area contributed by atoms with Crippen LogP contribution >= 0.6 is 0 Å². The Morgan fingerprint density at radius 3 is 2.53 bits per heavy atom. The number of aromatic nitrogens is 2. The van der Waals surface area contributed by atoms with Crippen LogP contribution in [0.25, 0.3) is 0 Å². The van der Waals surface area contributed by atoms with Crippen molar-refractivity contribution < 1.29 is 0 Å². The van der Waals surface area contributed by atoms with Gasteiger partial charge in [-0.3, -0.25) is 4.90 Å². The summed E-state index contributed by atoms with van der Waals surface area (Å²) in [7, 11) is 2.13. The third-order valence-electron chi connectivity index (χ3n) is 3.51. The third-order valence-corrected chi connectivity index (χ3v) is 3.51. The van der Waals surface area contributed by atoms with E-state index in [9.17, 15) is 0 Å². The lowest BCUT2D eigenvalue weighted by atomic mass is 10.1. The van der Waals surface area contributed by atoms with Crippen molar-refractivity contribution in [3.8, 4) is 0 Å². The van der Waals surface area contributed by atoms with Gasteiger partial charge in [0, 0.05) is 24.3 Å². The zero-order valence-electron chi connectivity index (χ0n) is 13.2. The highest BCUT2D eigenvalue weighted by Crippen LogP contribution is 2.12. The average Bonchev–Trinajstić information content (AvgIpc) is 2.34. The van der Waals surface area contributed by atoms with Gasteiger partial charge in [-0.2, -0.15) is 0 Å². The molecule has 0 saturated carbocycles. The van der Waals surface area contributed by atoms with Gasteiger partial charge in [0.2, 0.25) is 0 Å². The van der Waals surface area contributed by atoms with E-state index in [1.165, 1.54) is 0 Å². The minimum absolute atomic E-state index is 0.524. The molecule has 0 aliphatic heterocycles. The van der Waals surface area contributed by atoms with Crippen LogP contribution < -0.4 is 5.32 Å².